The van der Waals surface area contributed by atoms with Crippen LogP contribution in [0, 0.1) is 11.3 Å². The van der Waals surface area contributed by atoms with Crippen LogP contribution >= 0.6 is 11.6 Å². The molecule has 0 aliphatic carbocycles. The Bertz CT molecular complexity index is 1860. The summed E-state index contributed by atoms with van der Waals surface area (Å²) in [5.41, 5.74) is 1.63. The number of aromatic nitrogens is 3. The number of hydrogen-bond donors (Lipinski definition) is 2. The Labute approximate surface area is 222 Å². The molecule has 3 heterocycles. The number of nitrogens with one attached hydrogen (secondary N) is 1. The summed E-state index contributed by atoms with van der Waals surface area (Å²) in [5.74, 6) is -1.22. The zero-order valence-electron chi connectivity index (χ0n) is 19.5. The molecular formula is C24H19ClN6O5S2. The lowest BCUT2D eigenvalue weighted by molar-refractivity contribution is 0.0939. The van der Waals surface area contributed by atoms with Crippen molar-refractivity contribution in [1.29, 1.82) is 5.26 Å². The second kappa shape index (κ2) is 9.48. The molecular weight excluding hydrogens is 552 g/mol. The number of carbonyl (C=O) groups excluding carboxylic acids is 1. The third-order valence-electron chi connectivity index (χ3n) is 6.13. The molecule has 2 aromatic carbocycles. The number of primary sulfonamides is 1. The minimum Gasteiger partial charge on any atom is -0.348 e. The largest absolute Gasteiger partial charge is 0.348 e. The van der Waals surface area contributed by atoms with Gasteiger partial charge in [-0.05, 0) is 24.6 Å². The normalized spacial score (nSPS) is 16.8. The van der Waals surface area contributed by atoms with Crippen molar-refractivity contribution in [3.8, 4) is 28.5 Å². The number of halogens is 1. The van der Waals surface area contributed by atoms with Crippen LogP contribution < -0.4 is 10.5 Å². The molecule has 1 aliphatic heterocycles. The highest BCUT2D eigenvalue weighted by molar-refractivity contribution is 7.91. The highest BCUT2D eigenvalue weighted by Crippen LogP contribution is 2.35. The maximum Gasteiger partial charge on any atom is 0.258 e. The topological polar surface area (TPSA) is 177 Å². The fourth-order valence-electron chi connectivity index (χ4n) is 4.43. The van der Waals surface area contributed by atoms with Crippen LogP contribution in [0.1, 0.15) is 22.3 Å². The number of nitrogens with zero attached hydrogens (tertiary/aromatic N) is 4. The predicted molar refractivity (Wildman–Crippen MR) is 139 cm³/mol. The number of nitriles is 1. The molecule has 11 nitrogen and oxygen atoms in total. The van der Waals surface area contributed by atoms with Crippen LogP contribution in [0.25, 0.3) is 28.0 Å². The molecule has 194 valence electrons. The fourth-order valence-corrected chi connectivity index (χ4v) is 6.89. The van der Waals surface area contributed by atoms with Gasteiger partial charge >= 0.3 is 0 Å². The average molecular weight is 571 g/mol. The molecule has 4 aromatic rings. The molecule has 0 spiro atoms. The summed E-state index contributed by atoms with van der Waals surface area (Å²) in [4.78, 5) is 17.7. The van der Waals surface area contributed by atoms with Crippen LogP contribution in [0.3, 0.4) is 0 Å². The van der Waals surface area contributed by atoms with Crippen LogP contribution in [0.2, 0.25) is 5.02 Å². The number of sulfone groups is 1. The van der Waals surface area contributed by atoms with E-state index < -0.39 is 42.4 Å². The Balaban J connectivity index is 1.79. The number of rotatable bonds is 5. The summed E-state index contributed by atoms with van der Waals surface area (Å²) in [5, 5.41) is 21.6. The van der Waals surface area contributed by atoms with Crippen LogP contribution in [0.4, 0.5) is 0 Å². The number of carbonyl (C=O) groups is 1. The third-order valence-corrected chi connectivity index (χ3v) is 8.98. The average Bonchev–Trinajstić information content (AvgIpc) is 3.43. The molecule has 0 bridgehead atoms. The van der Waals surface area contributed by atoms with E-state index >= 15 is 0 Å². The smallest absolute Gasteiger partial charge is 0.258 e. The van der Waals surface area contributed by atoms with Crippen molar-refractivity contribution in [2.45, 2.75) is 17.5 Å². The molecule has 1 fully saturated rings. The molecule has 0 saturated carbocycles. The van der Waals surface area contributed by atoms with Gasteiger partial charge in [0.2, 0.25) is 5.03 Å². The number of fused-ring (bicyclic) bond motifs is 1. The van der Waals surface area contributed by atoms with Crippen LogP contribution in [0.15, 0.2) is 59.8 Å². The zero-order chi connectivity index (χ0) is 27.2. The summed E-state index contributed by atoms with van der Waals surface area (Å²) >= 11 is 6.08. The van der Waals surface area contributed by atoms with Gasteiger partial charge in [-0.1, -0.05) is 41.9 Å². The molecule has 1 saturated heterocycles. The maximum absolute atomic E-state index is 13.3. The van der Waals surface area contributed by atoms with Crippen molar-refractivity contribution in [2.75, 3.05) is 11.5 Å². The van der Waals surface area contributed by atoms with Crippen LogP contribution in [-0.2, 0) is 19.9 Å². The Morgan fingerprint density at radius 1 is 1.16 bits per heavy atom. The number of benzene rings is 2. The lowest BCUT2D eigenvalue weighted by Crippen LogP contribution is -2.36. The van der Waals surface area contributed by atoms with Gasteiger partial charge in [0, 0.05) is 34.0 Å². The molecule has 1 atom stereocenters. The summed E-state index contributed by atoms with van der Waals surface area (Å²) in [6.45, 7) is 0. The van der Waals surface area contributed by atoms with Gasteiger partial charge < -0.3 is 5.32 Å². The molecule has 1 amide bonds. The minimum atomic E-state index is -4.52. The number of nitrogens with two attached hydrogens (primary N) is 1. The third kappa shape index (κ3) is 4.74. The first-order valence-electron chi connectivity index (χ1n) is 11.2. The van der Waals surface area contributed by atoms with Crippen LogP contribution in [0.5, 0.6) is 0 Å². The fraction of sp³-hybridized carbons (Fsp3) is 0.167. The molecule has 14 heteroatoms. The van der Waals surface area contributed by atoms with E-state index in [-0.39, 0.29) is 23.6 Å². The second-order valence-corrected chi connectivity index (χ2v) is 12.9. The lowest BCUT2D eigenvalue weighted by Gasteiger charge is -2.14. The summed E-state index contributed by atoms with van der Waals surface area (Å²) in [6, 6.07) is 14.8. The Hall–Kier alpha value is -3.83. The first-order valence-corrected chi connectivity index (χ1v) is 14.9. The quantitative estimate of drug-likeness (QED) is 0.366. The van der Waals surface area contributed by atoms with Gasteiger partial charge in [0.05, 0.1) is 28.8 Å². The van der Waals surface area contributed by atoms with Crippen molar-refractivity contribution in [2.24, 2.45) is 5.14 Å². The van der Waals surface area contributed by atoms with Gasteiger partial charge in [-0.15, -0.1) is 0 Å². The van der Waals surface area contributed by atoms with Gasteiger partial charge in [0.15, 0.2) is 15.5 Å². The van der Waals surface area contributed by atoms with Gasteiger partial charge in [-0.3, -0.25) is 4.79 Å². The molecule has 1 aliphatic rings. The van der Waals surface area contributed by atoms with E-state index in [2.05, 4.69) is 21.5 Å². The maximum atomic E-state index is 13.3. The van der Waals surface area contributed by atoms with Crippen molar-refractivity contribution >= 4 is 43.0 Å². The molecule has 3 N–H and O–H groups in total. The highest BCUT2D eigenvalue weighted by atomic mass is 35.5. The SMILES string of the molecule is N#Cc1ccccc1-c1cnc2c(C(=O)NC3CCS(=O)(=O)C3)c(S(N)(=O)=O)nn2c1-c1ccc(Cl)cc1. The zero-order valence-corrected chi connectivity index (χ0v) is 21.9. The van der Waals surface area contributed by atoms with E-state index in [1.807, 2.05) is 0 Å². The first kappa shape index (κ1) is 25.8. The predicted octanol–water partition coefficient (Wildman–Crippen LogP) is 2.15. The molecule has 38 heavy (non-hydrogen) atoms. The van der Waals surface area contributed by atoms with Gasteiger partial charge in [0.25, 0.3) is 15.9 Å². The molecule has 1 unspecified atom stereocenters. The van der Waals surface area contributed by atoms with Crippen molar-refractivity contribution < 1.29 is 21.6 Å². The number of sulfonamides is 1. The monoisotopic (exact) mass is 570 g/mol. The van der Waals surface area contributed by atoms with E-state index in [1.165, 1.54) is 10.7 Å². The van der Waals surface area contributed by atoms with Gasteiger partial charge in [0.1, 0.15) is 5.56 Å². The van der Waals surface area contributed by atoms with E-state index in [0.29, 0.717) is 33.0 Å². The molecule has 5 rings (SSSR count). The van der Waals surface area contributed by atoms with E-state index in [1.54, 1.807) is 48.5 Å². The number of hydrogen-bond acceptors (Lipinski definition) is 8. The Morgan fingerprint density at radius 2 is 1.87 bits per heavy atom. The summed E-state index contributed by atoms with van der Waals surface area (Å²) in [6.07, 6.45) is 1.61. The van der Waals surface area contributed by atoms with Crippen molar-refractivity contribution in [3.05, 3.63) is 70.9 Å². The molecule has 2 aromatic heterocycles. The van der Waals surface area contributed by atoms with Crippen LogP contribution in [-0.4, -0.2) is 54.9 Å². The van der Waals surface area contributed by atoms with E-state index in [4.69, 9.17) is 16.7 Å². The standard InChI is InChI=1S/C24H19ClN6O5S2/c25-16-7-5-14(6-8-16)21-19(18-4-2-1-3-15(18)11-26)12-28-22-20(24(30-31(21)22)38(27,35)36)23(32)29-17-9-10-37(33,34)13-17/h1-8,12,17H,9-10,13H2,(H,29,32)(H2,27,35,36). The highest BCUT2D eigenvalue weighted by Gasteiger charge is 2.34. The Kier molecular flexibility index (Phi) is 6.44. The van der Waals surface area contributed by atoms with E-state index in [0.717, 1.165) is 0 Å². The van der Waals surface area contributed by atoms with Crippen molar-refractivity contribution in [1.82, 2.24) is 19.9 Å². The first-order chi connectivity index (χ1) is 18.0. The Morgan fingerprint density at radius 3 is 2.50 bits per heavy atom. The van der Waals surface area contributed by atoms with Crippen molar-refractivity contribution in [3.63, 3.8) is 0 Å². The van der Waals surface area contributed by atoms with E-state index in [9.17, 15) is 26.9 Å². The minimum absolute atomic E-state index is 0.0879. The molecule has 0 radical (unpaired) electrons. The lowest BCUT2D eigenvalue weighted by atomic mass is 9.97. The second-order valence-electron chi connectivity index (χ2n) is 8.72. The van der Waals surface area contributed by atoms with Gasteiger partial charge in [-0.25, -0.2) is 31.5 Å². The van der Waals surface area contributed by atoms with Gasteiger partial charge in [-0.2, -0.15) is 10.4 Å². The summed E-state index contributed by atoms with van der Waals surface area (Å²) < 4.78 is 50.0. The summed E-state index contributed by atoms with van der Waals surface area (Å²) in [7, 11) is -7.83. The number of amides is 1.